The predicted molar refractivity (Wildman–Crippen MR) is 51.7 cm³/mol. The molecule has 1 aromatic rings. The van der Waals surface area contributed by atoms with Crippen LogP contribution < -0.4 is 0 Å². The second-order valence-electron chi connectivity index (χ2n) is 3.44. The summed E-state index contributed by atoms with van der Waals surface area (Å²) in [6.45, 7) is 1.55. The van der Waals surface area contributed by atoms with Crippen molar-refractivity contribution >= 4 is 5.97 Å². The molecule has 4 heteroatoms. The lowest BCUT2D eigenvalue weighted by Gasteiger charge is -2.04. The molecule has 0 aliphatic carbocycles. The summed E-state index contributed by atoms with van der Waals surface area (Å²) in [5.74, 6) is -2.09. The first kappa shape index (κ1) is 11.6. The SMILES string of the molecule is Cc1cc(CCCC(=O)O)c(F)cc1F. The van der Waals surface area contributed by atoms with E-state index >= 15 is 0 Å². The van der Waals surface area contributed by atoms with E-state index in [-0.39, 0.29) is 6.42 Å². The van der Waals surface area contributed by atoms with Crippen molar-refractivity contribution in [3.63, 3.8) is 0 Å². The molecule has 0 bridgehead atoms. The number of rotatable bonds is 4. The van der Waals surface area contributed by atoms with E-state index in [0.29, 0.717) is 24.0 Å². The number of hydrogen-bond acceptors (Lipinski definition) is 1. The number of carboxylic acids is 1. The highest BCUT2D eigenvalue weighted by Crippen LogP contribution is 2.16. The molecule has 15 heavy (non-hydrogen) atoms. The molecule has 82 valence electrons. The molecule has 1 rings (SSSR count). The standard InChI is InChI=1S/C11H12F2O2/c1-7-5-8(3-2-4-11(14)15)10(13)6-9(7)12/h5-6H,2-4H2,1H3,(H,14,15). The summed E-state index contributed by atoms with van der Waals surface area (Å²) in [5, 5.41) is 8.41. The molecule has 0 unspecified atom stereocenters. The Labute approximate surface area is 86.5 Å². The molecule has 0 heterocycles. The summed E-state index contributed by atoms with van der Waals surface area (Å²) in [7, 11) is 0. The van der Waals surface area contributed by atoms with Crippen molar-refractivity contribution in [3.05, 3.63) is 34.9 Å². The van der Waals surface area contributed by atoms with E-state index in [2.05, 4.69) is 0 Å². The van der Waals surface area contributed by atoms with Crippen LogP contribution >= 0.6 is 0 Å². The molecule has 0 aromatic heterocycles. The van der Waals surface area contributed by atoms with E-state index in [1.54, 1.807) is 6.92 Å². The average molecular weight is 214 g/mol. The minimum absolute atomic E-state index is 0.00410. The molecule has 0 spiro atoms. The summed E-state index contributed by atoms with van der Waals surface area (Å²) in [6, 6.07) is 2.26. The molecule has 0 radical (unpaired) electrons. The van der Waals surface area contributed by atoms with Gasteiger partial charge in [-0.15, -0.1) is 0 Å². The van der Waals surface area contributed by atoms with Crippen LogP contribution in [0.1, 0.15) is 24.0 Å². The lowest BCUT2D eigenvalue weighted by atomic mass is 10.0. The highest BCUT2D eigenvalue weighted by atomic mass is 19.1. The Morgan fingerprint density at radius 1 is 1.33 bits per heavy atom. The van der Waals surface area contributed by atoms with E-state index in [1.165, 1.54) is 6.07 Å². The van der Waals surface area contributed by atoms with Crippen molar-refractivity contribution in [1.29, 1.82) is 0 Å². The molecule has 1 N–H and O–H groups in total. The summed E-state index contributed by atoms with van der Waals surface area (Å²) < 4.78 is 26.0. The van der Waals surface area contributed by atoms with Crippen molar-refractivity contribution in [1.82, 2.24) is 0 Å². The molecule has 0 fully saturated rings. The highest BCUT2D eigenvalue weighted by Gasteiger charge is 2.07. The topological polar surface area (TPSA) is 37.3 Å². The third kappa shape index (κ3) is 3.31. The van der Waals surface area contributed by atoms with E-state index in [9.17, 15) is 13.6 Å². The van der Waals surface area contributed by atoms with Gasteiger partial charge >= 0.3 is 5.97 Å². The first-order valence-electron chi connectivity index (χ1n) is 4.67. The molecular formula is C11H12F2O2. The molecule has 0 aliphatic heterocycles. The van der Waals surface area contributed by atoms with Crippen LogP contribution in [0.5, 0.6) is 0 Å². The smallest absolute Gasteiger partial charge is 0.303 e. The molecule has 2 nitrogen and oxygen atoms in total. The lowest BCUT2D eigenvalue weighted by Crippen LogP contribution is -1.99. The van der Waals surface area contributed by atoms with E-state index in [1.807, 2.05) is 0 Å². The molecule has 0 atom stereocenters. The zero-order chi connectivity index (χ0) is 11.4. The van der Waals surface area contributed by atoms with Gasteiger partial charge in [-0.25, -0.2) is 8.78 Å². The Morgan fingerprint density at radius 2 is 2.00 bits per heavy atom. The minimum Gasteiger partial charge on any atom is -0.481 e. The van der Waals surface area contributed by atoms with Crippen LogP contribution in [0.3, 0.4) is 0 Å². The first-order chi connectivity index (χ1) is 7.00. The van der Waals surface area contributed by atoms with Crippen LogP contribution in [-0.2, 0) is 11.2 Å². The maximum absolute atomic E-state index is 13.2. The molecule has 0 amide bonds. The Balaban J connectivity index is 2.69. The van der Waals surface area contributed by atoms with Gasteiger partial charge in [-0.2, -0.15) is 0 Å². The van der Waals surface area contributed by atoms with Gasteiger partial charge in [-0.1, -0.05) is 6.07 Å². The Hall–Kier alpha value is -1.45. The third-order valence-corrected chi connectivity index (χ3v) is 2.16. The van der Waals surface area contributed by atoms with Crippen LogP contribution in [0.4, 0.5) is 8.78 Å². The largest absolute Gasteiger partial charge is 0.481 e. The van der Waals surface area contributed by atoms with Crippen LogP contribution in [0.15, 0.2) is 12.1 Å². The fourth-order valence-electron chi connectivity index (χ4n) is 1.34. The number of carboxylic acid groups (broad SMARTS) is 1. The zero-order valence-electron chi connectivity index (χ0n) is 8.39. The van der Waals surface area contributed by atoms with Crippen LogP contribution in [0.2, 0.25) is 0 Å². The highest BCUT2D eigenvalue weighted by molar-refractivity contribution is 5.66. The summed E-state index contributed by atoms with van der Waals surface area (Å²) >= 11 is 0. The molecule has 0 saturated heterocycles. The second-order valence-corrected chi connectivity index (χ2v) is 3.44. The van der Waals surface area contributed by atoms with Gasteiger partial charge in [-0.05, 0) is 30.9 Å². The van der Waals surface area contributed by atoms with Crippen molar-refractivity contribution < 1.29 is 18.7 Å². The van der Waals surface area contributed by atoms with E-state index < -0.39 is 17.6 Å². The Bertz CT molecular complexity index is 375. The zero-order valence-corrected chi connectivity index (χ0v) is 8.39. The quantitative estimate of drug-likeness (QED) is 0.836. The number of aryl methyl sites for hydroxylation is 2. The maximum atomic E-state index is 13.2. The second kappa shape index (κ2) is 4.87. The molecular weight excluding hydrogens is 202 g/mol. The van der Waals surface area contributed by atoms with Crippen molar-refractivity contribution in [2.24, 2.45) is 0 Å². The predicted octanol–water partition coefficient (Wildman–Crippen LogP) is 2.68. The van der Waals surface area contributed by atoms with Gasteiger partial charge in [0, 0.05) is 12.5 Å². The van der Waals surface area contributed by atoms with Crippen LogP contribution in [0, 0.1) is 18.6 Å². The average Bonchev–Trinajstić information content (AvgIpc) is 2.13. The fourth-order valence-corrected chi connectivity index (χ4v) is 1.34. The molecule has 1 aromatic carbocycles. The van der Waals surface area contributed by atoms with Gasteiger partial charge in [0.25, 0.3) is 0 Å². The minimum atomic E-state index is -0.908. The lowest BCUT2D eigenvalue weighted by molar-refractivity contribution is -0.137. The summed E-state index contributed by atoms with van der Waals surface area (Å²) in [4.78, 5) is 10.2. The number of carbonyl (C=O) groups is 1. The van der Waals surface area contributed by atoms with E-state index in [0.717, 1.165) is 6.07 Å². The first-order valence-corrected chi connectivity index (χ1v) is 4.67. The van der Waals surface area contributed by atoms with Crippen LogP contribution in [0.25, 0.3) is 0 Å². The van der Waals surface area contributed by atoms with Crippen LogP contribution in [-0.4, -0.2) is 11.1 Å². The Morgan fingerprint density at radius 3 is 2.60 bits per heavy atom. The number of aliphatic carboxylic acids is 1. The number of hydrogen-bond donors (Lipinski definition) is 1. The van der Waals surface area contributed by atoms with Crippen molar-refractivity contribution in [3.8, 4) is 0 Å². The molecule has 0 saturated carbocycles. The van der Waals surface area contributed by atoms with Gasteiger partial charge in [-0.3, -0.25) is 4.79 Å². The van der Waals surface area contributed by atoms with Gasteiger partial charge < -0.3 is 5.11 Å². The normalized spacial score (nSPS) is 10.3. The van der Waals surface area contributed by atoms with Gasteiger partial charge in [0.15, 0.2) is 0 Å². The Kier molecular flexibility index (Phi) is 3.77. The maximum Gasteiger partial charge on any atom is 0.303 e. The van der Waals surface area contributed by atoms with E-state index in [4.69, 9.17) is 5.11 Å². The third-order valence-electron chi connectivity index (χ3n) is 2.16. The van der Waals surface area contributed by atoms with Gasteiger partial charge in [0.2, 0.25) is 0 Å². The number of halogens is 2. The van der Waals surface area contributed by atoms with Gasteiger partial charge in [0.05, 0.1) is 0 Å². The fraction of sp³-hybridized carbons (Fsp3) is 0.364. The monoisotopic (exact) mass is 214 g/mol. The number of benzene rings is 1. The van der Waals surface area contributed by atoms with Crippen molar-refractivity contribution in [2.45, 2.75) is 26.2 Å². The molecule has 0 aliphatic rings. The van der Waals surface area contributed by atoms with Crippen molar-refractivity contribution in [2.75, 3.05) is 0 Å². The van der Waals surface area contributed by atoms with Gasteiger partial charge in [0.1, 0.15) is 11.6 Å². The summed E-state index contributed by atoms with van der Waals surface area (Å²) in [6.07, 6.45) is 0.673. The summed E-state index contributed by atoms with van der Waals surface area (Å²) in [5.41, 5.74) is 0.747.